The lowest BCUT2D eigenvalue weighted by molar-refractivity contribution is 0.485. The van der Waals surface area contributed by atoms with E-state index in [1.165, 1.54) is 42.3 Å². The van der Waals surface area contributed by atoms with E-state index >= 15 is 0 Å². The van der Waals surface area contributed by atoms with Crippen molar-refractivity contribution in [3.63, 3.8) is 0 Å². The van der Waals surface area contributed by atoms with Crippen molar-refractivity contribution in [3.8, 4) is 11.5 Å². The Morgan fingerprint density at radius 2 is 1.14 bits per heavy atom. The Morgan fingerprint density at radius 1 is 0.552 bits per heavy atom. The molecule has 0 saturated carbocycles. The molecule has 276 valence electrons. The van der Waals surface area contributed by atoms with Gasteiger partial charge in [0.2, 0.25) is 12.2 Å². The van der Waals surface area contributed by atoms with Crippen LogP contribution in [-0.2, 0) is 0 Å². The lowest BCUT2D eigenvalue weighted by Gasteiger charge is -2.41. The smallest absolute Gasteiger partial charge is 0.226 e. The normalized spacial score (nSPS) is 18.6. The zero-order valence-electron chi connectivity index (χ0n) is 31.6. The highest BCUT2D eigenvalue weighted by Crippen LogP contribution is 2.39. The van der Waals surface area contributed by atoms with E-state index in [0.29, 0.717) is 11.8 Å². The first-order valence-corrected chi connectivity index (χ1v) is 22.0. The quantitative estimate of drug-likeness (QED) is 0.182. The maximum absolute atomic E-state index is 7.17. The highest BCUT2D eigenvalue weighted by Gasteiger charge is 2.49. The standard InChI is InChI=1S/C51H37N5OSi/c1-3-18-34(19-4-1)58(35-20-5-2-6-21-35)46-32-16-15-31-45(46)57-48-40(26-17-33-47(48)58)49-52-50(55-41-27-11-7-22-36(41)37-23-8-12-28-42(37)55)54-51(53-49)56-43-29-13-9-24-38(43)39-25-10-14-30-44(39)56/h1,3-5,7-33,50H,2,6H2,(H,52,53,54). The van der Waals surface area contributed by atoms with Gasteiger partial charge in [-0.15, -0.1) is 0 Å². The second-order valence-corrected chi connectivity index (χ2v) is 18.9. The van der Waals surface area contributed by atoms with Crippen molar-refractivity contribution in [1.82, 2.24) is 14.5 Å². The molecule has 2 atom stereocenters. The maximum atomic E-state index is 7.17. The second-order valence-electron chi connectivity index (χ2n) is 15.2. The molecule has 0 saturated heterocycles. The topological polar surface area (TPSA) is 55.8 Å². The van der Waals surface area contributed by atoms with Crippen LogP contribution in [-0.4, -0.2) is 29.0 Å². The number of hydrogen-bond acceptors (Lipinski definition) is 4. The number of hydrogen-bond donors (Lipinski definition) is 1. The molecular weight excluding hydrogens is 727 g/mol. The third kappa shape index (κ3) is 4.71. The van der Waals surface area contributed by atoms with Crippen molar-refractivity contribution in [2.75, 3.05) is 0 Å². The Kier molecular flexibility index (Phi) is 7.34. The molecule has 12 rings (SSSR count). The molecule has 2 aromatic heterocycles. The fourth-order valence-corrected chi connectivity index (χ4v) is 14.9. The fourth-order valence-electron chi connectivity index (χ4n) is 9.76. The number of ether oxygens (including phenoxy) is 1. The molecule has 2 aliphatic heterocycles. The predicted octanol–water partition coefficient (Wildman–Crippen LogP) is 9.70. The molecular formula is C51H37N5OSi. The minimum absolute atomic E-state index is 0.622. The zero-order valence-corrected chi connectivity index (χ0v) is 32.6. The Morgan fingerprint density at radius 3 is 1.81 bits per heavy atom. The molecule has 3 aliphatic rings. The predicted molar refractivity (Wildman–Crippen MR) is 241 cm³/mol. The van der Waals surface area contributed by atoms with E-state index in [-0.39, 0.29) is 0 Å². The number of rotatable bonds is 4. The summed E-state index contributed by atoms with van der Waals surface area (Å²) in [6.45, 7) is 0. The van der Waals surface area contributed by atoms with Gasteiger partial charge in [0.25, 0.3) is 0 Å². The van der Waals surface area contributed by atoms with Gasteiger partial charge < -0.3 is 10.1 Å². The summed E-state index contributed by atoms with van der Waals surface area (Å²) in [7, 11) is -2.85. The number of para-hydroxylation sites is 6. The third-order valence-electron chi connectivity index (χ3n) is 12.2. The van der Waals surface area contributed by atoms with Crippen molar-refractivity contribution >= 4 is 79.0 Å². The van der Waals surface area contributed by atoms with E-state index in [0.717, 1.165) is 52.0 Å². The number of amidine groups is 1. The van der Waals surface area contributed by atoms with Crippen LogP contribution in [0.3, 0.4) is 0 Å². The molecule has 1 N–H and O–H groups in total. The average Bonchev–Trinajstić information content (AvgIpc) is 3.82. The first-order valence-electron chi connectivity index (χ1n) is 20.0. The van der Waals surface area contributed by atoms with E-state index in [4.69, 9.17) is 14.7 Å². The van der Waals surface area contributed by atoms with Gasteiger partial charge in [-0.05, 0) is 70.0 Å². The average molecular weight is 764 g/mol. The summed E-state index contributed by atoms with van der Waals surface area (Å²) < 4.78 is 11.7. The highest BCUT2D eigenvalue weighted by molar-refractivity contribution is 7.17. The number of nitrogens with zero attached hydrogens (tertiary/aromatic N) is 4. The largest absolute Gasteiger partial charge is 0.457 e. The number of nitrogens with one attached hydrogen (secondary N) is 1. The number of benzene rings is 7. The summed E-state index contributed by atoms with van der Waals surface area (Å²) in [6, 6.07) is 60.7. The molecule has 58 heavy (non-hydrogen) atoms. The van der Waals surface area contributed by atoms with Gasteiger partial charge in [-0.25, -0.2) is 9.98 Å². The van der Waals surface area contributed by atoms with Crippen LogP contribution in [0.4, 0.5) is 0 Å². The summed E-state index contributed by atoms with van der Waals surface area (Å²) >= 11 is 0. The first-order chi connectivity index (χ1) is 28.8. The van der Waals surface area contributed by atoms with Gasteiger partial charge in [0, 0.05) is 21.5 Å². The molecule has 7 aromatic carbocycles. The second kappa shape index (κ2) is 12.9. The third-order valence-corrected chi connectivity index (χ3v) is 17.0. The SMILES string of the molecule is C1=CC([Si]2(c3ccccc3)c3ccccc3Oc3c(C4=NC(n5c6ccccc6c6ccccc65)N=C(n5c6ccccc6c6ccccc65)N4)cccc32)=CCC1. The molecule has 0 bridgehead atoms. The van der Waals surface area contributed by atoms with E-state index in [2.05, 4.69) is 203 Å². The minimum atomic E-state index is -2.85. The lowest BCUT2D eigenvalue weighted by atomic mass is 10.1. The van der Waals surface area contributed by atoms with Crippen LogP contribution >= 0.6 is 0 Å². The molecule has 7 heteroatoms. The number of fused-ring (bicyclic) bond motifs is 8. The van der Waals surface area contributed by atoms with Gasteiger partial charge in [0.1, 0.15) is 17.3 Å². The van der Waals surface area contributed by atoms with Crippen molar-refractivity contribution in [1.29, 1.82) is 0 Å². The summed E-state index contributed by atoms with van der Waals surface area (Å²) in [5, 5.41) is 13.7. The summed E-state index contributed by atoms with van der Waals surface area (Å²) in [6.07, 6.45) is 8.62. The minimum Gasteiger partial charge on any atom is -0.457 e. The van der Waals surface area contributed by atoms with E-state index in [9.17, 15) is 0 Å². The van der Waals surface area contributed by atoms with Crippen molar-refractivity contribution in [2.45, 2.75) is 19.1 Å². The molecule has 0 radical (unpaired) electrons. The van der Waals surface area contributed by atoms with Crippen molar-refractivity contribution in [2.24, 2.45) is 9.98 Å². The van der Waals surface area contributed by atoms with Crippen LogP contribution in [0.25, 0.3) is 43.6 Å². The fraction of sp³-hybridized carbons (Fsp3) is 0.0588. The van der Waals surface area contributed by atoms with E-state index in [1.54, 1.807) is 0 Å². The lowest BCUT2D eigenvalue weighted by Crippen LogP contribution is -2.70. The van der Waals surface area contributed by atoms with Gasteiger partial charge in [-0.2, -0.15) is 0 Å². The van der Waals surface area contributed by atoms with Crippen LogP contribution in [0.15, 0.2) is 203 Å². The Bertz CT molecular complexity index is 3150. The molecule has 4 heterocycles. The monoisotopic (exact) mass is 763 g/mol. The zero-order chi connectivity index (χ0) is 38.2. The Labute approximate surface area is 336 Å². The molecule has 9 aromatic rings. The van der Waals surface area contributed by atoms with Gasteiger partial charge in [0.05, 0.1) is 27.6 Å². The molecule has 0 amide bonds. The summed E-state index contributed by atoms with van der Waals surface area (Å²) in [5.41, 5.74) is 5.21. The molecule has 2 unspecified atom stereocenters. The molecule has 6 nitrogen and oxygen atoms in total. The van der Waals surface area contributed by atoms with E-state index in [1.807, 2.05) is 0 Å². The number of aromatic nitrogens is 2. The highest BCUT2D eigenvalue weighted by atomic mass is 28.3. The summed E-state index contributed by atoms with van der Waals surface area (Å²) in [5.74, 6) is 3.14. The van der Waals surface area contributed by atoms with Crippen LogP contribution < -0.4 is 25.6 Å². The Balaban J connectivity index is 1.14. The van der Waals surface area contributed by atoms with Gasteiger partial charge in [-0.1, -0.05) is 152 Å². The summed E-state index contributed by atoms with van der Waals surface area (Å²) in [4.78, 5) is 11.1. The number of allylic oxidation sites excluding steroid dienone is 4. The molecule has 0 fully saturated rings. The molecule has 0 spiro atoms. The van der Waals surface area contributed by atoms with Crippen LogP contribution in [0.2, 0.25) is 0 Å². The van der Waals surface area contributed by atoms with Gasteiger partial charge in [0.15, 0.2) is 8.07 Å². The Hall–Kier alpha value is -7.22. The van der Waals surface area contributed by atoms with Crippen LogP contribution in [0.5, 0.6) is 11.5 Å². The maximum Gasteiger partial charge on any atom is 0.226 e. The first kappa shape index (κ1) is 33.0. The number of aliphatic imine (C=N–C) groups is 2. The van der Waals surface area contributed by atoms with Crippen molar-refractivity contribution in [3.05, 3.63) is 199 Å². The van der Waals surface area contributed by atoms with Crippen LogP contribution in [0, 0.1) is 0 Å². The van der Waals surface area contributed by atoms with E-state index < -0.39 is 14.4 Å². The van der Waals surface area contributed by atoms with Crippen LogP contribution in [0.1, 0.15) is 24.7 Å². The molecule has 1 aliphatic carbocycles. The van der Waals surface area contributed by atoms with Gasteiger partial charge >= 0.3 is 0 Å². The van der Waals surface area contributed by atoms with Crippen molar-refractivity contribution < 1.29 is 4.74 Å². The van der Waals surface area contributed by atoms with Gasteiger partial charge in [-0.3, -0.25) is 9.13 Å².